The van der Waals surface area contributed by atoms with Crippen LogP contribution in [0.1, 0.15) is 16.7 Å². The second-order valence-electron chi connectivity index (χ2n) is 5.37. The molecule has 0 unspecified atom stereocenters. The lowest BCUT2D eigenvalue weighted by atomic mass is 9.93. The second kappa shape index (κ2) is 6.81. The molecule has 5 heteroatoms. The summed E-state index contributed by atoms with van der Waals surface area (Å²) in [6, 6.07) is 9.73. The van der Waals surface area contributed by atoms with Crippen LogP contribution >= 0.6 is 23.2 Å². The quantitative estimate of drug-likeness (QED) is 0.807. The largest absolute Gasteiger partial charge is 0.493 e. The zero-order valence-corrected chi connectivity index (χ0v) is 14.5. The van der Waals surface area contributed by atoms with E-state index in [2.05, 4.69) is 0 Å². The van der Waals surface area contributed by atoms with Crippen LogP contribution in [-0.2, 0) is 12.8 Å². The van der Waals surface area contributed by atoms with E-state index in [0.717, 1.165) is 41.3 Å². The van der Waals surface area contributed by atoms with Gasteiger partial charge >= 0.3 is 0 Å². The molecular formula is C18H17Cl2NO2. The van der Waals surface area contributed by atoms with E-state index < -0.39 is 0 Å². The predicted octanol–water partition coefficient (Wildman–Crippen LogP) is 4.60. The Hall–Kier alpha value is -1.71. The zero-order chi connectivity index (χ0) is 16.4. The van der Waals surface area contributed by atoms with Crippen molar-refractivity contribution in [2.75, 3.05) is 20.8 Å². The van der Waals surface area contributed by atoms with Crippen LogP contribution in [0.25, 0.3) is 0 Å². The summed E-state index contributed by atoms with van der Waals surface area (Å²) in [5, 5.41) is 1.13. The van der Waals surface area contributed by atoms with Crippen molar-refractivity contribution in [2.45, 2.75) is 12.8 Å². The lowest BCUT2D eigenvalue weighted by Gasteiger charge is -2.20. The number of ether oxygens (including phenoxy) is 2. The van der Waals surface area contributed by atoms with Crippen molar-refractivity contribution < 1.29 is 9.47 Å². The Morgan fingerprint density at radius 3 is 2.43 bits per heavy atom. The predicted molar refractivity (Wildman–Crippen MR) is 94.8 cm³/mol. The topological polar surface area (TPSA) is 30.8 Å². The van der Waals surface area contributed by atoms with E-state index in [-0.39, 0.29) is 0 Å². The van der Waals surface area contributed by atoms with Crippen molar-refractivity contribution in [3.05, 3.63) is 57.1 Å². The maximum atomic E-state index is 6.11. The van der Waals surface area contributed by atoms with E-state index in [1.54, 1.807) is 14.2 Å². The molecule has 0 aliphatic carbocycles. The lowest BCUT2D eigenvalue weighted by Crippen LogP contribution is -2.16. The Labute approximate surface area is 145 Å². The van der Waals surface area contributed by atoms with Gasteiger partial charge in [-0.25, -0.2) is 0 Å². The van der Waals surface area contributed by atoms with E-state index >= 15 is 0 Å². The fourth-order valence-corrected chi connectivity index (χ4v) is 3.11. The molecule has 0 amide bonds. The molecule has 1 aliphatic rings. The maximum absolute atomic E-state index is 6.11. The molecule has 0 fully saturated rings. The van der Waals surface area contributed by atoms with Crippen LogP contribution in [0.3, 0.4) is 0 Å². The van der Waals surface area contributed by atoms with Gasteiger partial charge in [-0.15, -0.1) is 0 Å². The van der Waals surface area contributed by atoms with Gasteiger partial charge in [-0.2, -0.15) is 0 Å². The highest BCUT2D eigenvalue weighted by molar-refractivity contribution is 6.42. The number of aliphatic imine (C=N–C) groups is 1. The standard InChI is InChI=1S/C18H17Cl2NO2/c1-22-17-9-12-5-6-21-16(13(12)10-18(17)23-2)8-11-3-4-14(19)15(20)7-11/h3-4,7,9-10H,5-6,8H2,1-2H3. The molecule has 0 spiro atoms. The minimum Gasteiger partial charge on any atom is -0.493 e. The molecule has 0 N–H and O–H groups in total. The first-order valence-corrected chi connectivity index (χ1v) is 8.10. The van der Waals surface area contributed by atoms with Crippen LogP contribution in [0.15, 0.2) is 35.3 Å². The molecule has 3 nitrogen and oxygen atoms in total. The summed E-state index contributed by atoms with van der Waals surface area (Å²) in [6.45, 7) is 0.777. The number of methoxy groups -OCH3 is 2. The van der Waals surface area contributed by atoms with E-state index in [1.165, 1.54) is 5.56 Å². The van der Waals surface area contributed by atoms with Crippen LogP contribution in [0.5, 0.6) is 11.5 Å². The first-order chi connectivity index (χ1) is 11.1. The SMILES string of the molecule is COc1cc2c(cc1OC)C(Cc1ccc(Cl)c(Cl)c1)=NCC2. The Morgan fingerprint density at radius 2 is 1.74 bits per heavy atom. The Bertz CT molecular complexity index is 772. The summed E-state index contributed by atoms with van der Waals surface area (Å²) >= 11 is 12.1. The number of rotatable bonds is 4. The average Bonchev–Trinajstić information content (AvgIpc) is 2.57. The van der Waals surface area contributed by atoms with E-state index in [9.17, 15) is 0 Å². The van der Waals surface area contributed by atoms with Crippen LogP contribution in [0.4, 0.5) is 0 Å². The third kappa shape index (κ3) is 3.31. The van der Waals surface area contributed by atoms with Gasteiger partial charge in [0.05, 0.1) is 24.3 Å². The Balaban J connectivity index is 1.96. The molecule has 3 rings (SSSR count). The summed E-state index contributed by atoms with van der Waals surface area (Å²) in [5.41, 5.74) is 4.46. The van der Waals surface area contributed by atoms with Crippen molar-refractivity contribution in [1.29, 1.82) is 0 Å². The lowest BCUT2D eigenvalue weighted by molar-refractivity contribution is 0.354. The first-order valence-electron chi connectivity index (χ1n) is 7.35. The van der Waals surface area contributed by atoms with Crippen molar-refractivity contribution in [3.8, 4) is 11.5 Å². The summed E-state index contributed by atoms with van der Waals surface area (Å²) in [7, 11) is 3.29. The third-order valence-corrected chi connectivity index (χ3v) is 4.70. The molecule has 23 heavy (non-hydrogen) atoms. The van der Waals surface area contributed by atoms with Crippen molar-refractivity contribution in [3.63, 3.8) is 0 Å². The third-order valence-electron chi connectivity index (χ3n) is 3.96. The van der Waals surface area contributed by atoms with E-state index in [4.69, 9.17) is 37.7 Å². The van der Waals surface area contributed by atoms with Crippen LogP contribution in [-0.4, -0.2) is 26.5 Å². The van der Waals surface area contributed by atoms with Gasteiger partial charge in [0.15, 0.2) is 11.5 Å². The minimum atomic E-state index is 0.563. The summed E-state index contributed by atoms with van der Waals surface area (Å²) < 4.78 is 10.8. The summed E-state index contributed by atoms with van der Waals surface area (Å²) in [6.07, 6.45) is 1.61. The molecular weight excluding hydrogens is 333 g/mol. The number of fused-ring (bicyclic) bond motifs is 1. The molecule has 1 aliphatic heterocycles. The molecule has 0 bridgehead atoms. The Kier molecular flexibility index (Phi) is 4.79. The highest BCUT2D eigenvalue weighted by Gasteiger charge is 2.19. The van der Waals surface area contributed by atoms with Gasteiger partial charge in [0, 0.05) is 24.2 Å². The van der Waals surface area contributed by atoms with Gasteiger partial charge in [-0.05, 0) is 41.8 Å². The average molecular weight is 350 g/mol. The fraction of sp³-hybridized carbons (Fsp3) is 0.278. The molecule has 0 saturated carbocycles. The maximum Gasteiger partial charge on any atom is 0.161 e. The normalized spacial score (nSPS) is 13.3. The fourth-order valence-electron chi connectivity index (χ4n) is 2.79. The number of benzene rings is 2. The molecule has 0 radical (unpaired) electrons. The smallest absolute Gasteiger partial charge is 0.161 e. The number of halogens is 2. The molecule has 0 aromatic heterocycles. The van der Waals surface area contributed by atoms with Crippen LogP contribution < -0.4 is 9.47 Å². The highest BCUT2D eigenvalue weighted by Crippen LogP contribution is 2.33. The zero-order valence-electron chi connectivity index (χ0n) is 13.0. The summed E-state index contributed by atoms with van der Waals surface area (Å²) in [4.78, 5) is 4.69. The van der Waals surface area contributed by atoms with Crippen LogP contribution in [0, 0.1) is 0 Å². The molecule has 1 heterocycles. The van der Waals surface area contributed by atoms with Gasteiger partial charge in [-0.1, -0.05) is 29.3 Å². The van der Waals surface area contributed by atoms with Crippen LogP contribution in [0.2, 0.25) is 10.0 Å². The monoisotopic (exact) mass is 349 g/mol. The van der Waals surface area contributed by atoms with Gasteiger partial charge in [0.2, 0.25) is 0 Å². The highest BCUT2D eigenvalue weighted by atomic mass is 35.5. The van der Waals surface area contributed by atoms with Gasteiger partial charge in [0.1, 0.15) is 0 Å². The van der Waals surface area contributed by atoms with Crippen molar-refractivity contribution in [2.24, 2.45) is 4.99 Å². The molecule has 2 aromatic rings. The number of hydrogen-bond donors (Lipinski definition) is 0. The van der Waals surface area contributed by atoms with Gasteiger partial charge < -0.3 is 9.47 Å². The Morgan fingerprint density at radius 1 is 1.00 bits per heavy atom. The molecule has 0 atom stereocenters. The summed E-state index contributed by atoms with van der Waals surface area (Å²) in [5.74, 6) is 1.47. The molecule has 120 valence electrons. The van der Waals surface area contributed by atoms with Crippen molar-refractivity contribution >= 4 is 28.9 Å². The van der Waals surface area contributed by atoms with E-state index in [0.29, 0.717) is 16.5 Å². The van der Waals surface area contributed by atoms with Gasteiger partial charge in [0.25, 0.3) is 0 Å². The molecule has 2 aromatic carbocycles. The number of nitrogens with zero attached hydrogens (tertiary/aromatic N) is 1. The minimum absolute atomic E-state index is 0.563. The molecule has 0 saturated heterocycles. The van der Waals surface area contributed by atoms with E-state index in [1.807, 2.05) is 30.3 Å². The van der Waals surface area contributed by atoms with Crippen molar-refractivity contribution in [1.82, 2.24) is 0 Å². The number of hydrogen-bond acceptors (Lipinski definition) is 3. The van der Waals surface area contributed by atoms with Gasteiger partial charge in [-0.3, -0.25) is 4.99 Å². The second-order valence-corrected chi connectivity index (χ2v) is 6.18. The first kappa shape index (κ1) is 16.2.